The summed E-state index contributed by atoms with van der Waals surface area (Å²) in [7, 11) is 3.55. The molecule has 0 unspecified atom stereocenters. The molecule has 5 rings (SSSR count). The smallest absolute Gasteiger partial charge is 0.274 e. The van der Waals surface area contributed by atoms with Crippen molar-refractivity contribution in [2.75, 3.05) is 31.1 Å². The Morgan fingerprint density at radius 2 is 1.61 bits per heavy atom. The number of hydrogen-bond acceptors (Lipinski definition) is 3. The molecule has 1 amide bonds. The lowest BCUT2D eigenvalue weighted by Gasteiger charge is -2.36. The quantitative estimate of drug-likeness (QED) is 0.503. The van der Waals surface area contributed by atoms with Crippen molar-refractivity contribution in [1.29, 1.82) is 0 Å². The van der Waals surface area contributed by atoms with Crippen LogP contribution in [0, 0.1) is 5.82 Å². The summed E-state index contributed by atoms with van der Waals surface area (Å²) < 4.78 is 16.6. The first kappa shape index (κ1) is 19.4. The molecular weight excluding hydrogens is 395 g/mol. The van der Waals surface area contributed by atoms with Crippen LogP contribution in [0.3, 0.4) is 0 Å². The molecule has 1 aliphatic rings. The van der Waals surface area contributed by atoms with Crippen LogP contribution >= 0.6 is 0 Å². The molecular formula is C24H23FN4O2. The van der Waals surface area contributed by atoms with Crippen molar-refractivity contribution in [3.63, 3.8) is 0 Å². The number of fused-ring (bicyclic) bond motifs is 3. The summed E-state index contributed by atoms with van der Waals surface area (Å²) in [6.07, 6.45) is 1.66. The van der Waals surface area contributed by atoms with Crippen LogP contribution in [0.1, 0.15) is 10.4 Å². The third-order valence-corrected chi connectivity index (χ3v) is 6.21. The number of aromatic nitrogens is 2. The molecule has 2 aromatic carbocycles. The minimum Gasteiger partial charge on any atom is -0.368 e. The molecule has 31 heavy (non-hydrogen) atoms. The highest BCUT2D eigenvalue weighted by molar-refractivity contribution is 6.17. The van der Waals surface area contributed by atoms with Crippen LogP contribution in [0.4, 0.5) is 10.1 Å². The standard InChI is InChI=1S/C24H23FN4O2/c1-26-15-19(21-18-5-3-4-6-20(18)27(2)22(21)24(26)31)23(30)29-13-11-28(12-14-29)17-9-7-16(25)8-10-17/h3-10,15H,11-14H2,1-2H3. The molecule has 0 aliphatic carbocycles. The summed E-state index contributed by atoms with van der Waals surface area (Å²) in [5.41, 5.74) is 2.85. The topological polar surface area (TPSA) is 50.5 Å². The van der Waals surface area contributed by atoms with E-state index in [-0.39, 0.29) is 17.3 Å². The molecule has 0 atom stereocenters. The van der Waals surface area contributed by atoms with Gasteiger partial charge in [0.1, 0.15) is 11.3 Å². The van der Waals surface area contributed by atoms with E-state index >= 15 is 0 Å². The van der Waals surface area contributed by atoms with Gasteiger partial charge in [-0.2, -0.15) is 0 Å². The highest BCUT2D eigenvalue weighted by Gasteiger charge is 2.26. The van der Waals surface area contributed by atoms with Gasteiger partial charge in [0.25, 0.3) is 11.5 Å². The summed E-state index contributed by atoms with van der Waals surface area (Å²) in [6, 6.07) is 14.2. The van der Waals surface area contributed by atoms with E-state index < -0.39 is 0 Å². The fourth-order valence-electron chi connectivity index (χ4n) is 4.55. The first-order valence-corrected chi connectivity index (χ1v) is 10.3. The van der Waals surface area contributed by atoms with Crippen molar-refractivity contribution in [2.24, 2.45) is 14.1 Å². The maximum Gasteiger partial charge on any atom is 0.274 e. The number of pyridine rings is 1. The molecule has 7 heteroatoms. The zero-order valence-corrected chi connectivity index (χ0v) is 17.5. The summed E-state index contributed by atoms with van der Waals surface area (Å²) >= 11 is 0. The average molecular weight is 418 g/mol. The molecule has 0 radical (unpaired) electrons. The summed E-state index contributed by atoms with van der Waals surface area (Å²) in [5.74, 6) is -0.331. The van der Waals surface area contributed by atoms with E-state index in [0.29, 0.717) is 42.6 Å². The number of rotatable bonds is 2. The van der Waals surface area contributed by atoms with Gasteiger partial charge in [0.15, 0.2) is 0 Å². The number of carbonyl (C=O) groups excluding carboxylic acids is 1. The van der Waals surface area contributed by atoms with Crippen LogP contribution in [-0.4, -0.2) is 46.1 Å². The Bertz CT molecular complexity index is 1360. The maximum absolute atomic E-state index is 13.6. The van der Waals surface area contributed by atoms with Crippen molar-refractivity contribution < 1.29 is 9.18 Å². The Morgan fingerprint density at radius 3 is 2.32 bits per heavy atom. The van der Waals surface area contributed by atoms with E-state index in [0.717, 1.165) is 16.6 Å². The monoisotopic (exact) mass is 418 g/mol. The molecule has 0 bridgehead atoms. The zero-order chi connectivity index (χ0) is 21.7. The third-order valence-electron chi connectivity index (χ3n) is 6.21. The van der Waals surface area contributed by atoms with Crippen LogP contribution in [0.15, 0.2) is 59.5 Å². The molecule has 1 saturated heterocycles. The van der Waals surface area contributed by atoms with Crippen LogP contribution in [-0.2, 0) is 14.1 Å². The van der Waals surface area contributed by atoms with E-state index in [1.165, 1.54) is 16.7 Å². The number of piperazine rings is 1. The van der Waals surface area contributed by atoms with Gasteiger partial charge in [0, 0.05) is 68.4 Å². The van der Waals surface area contributed by atoms with Crippen molar-refractivity contribution in [3.8, 4) is 0 Å². The second-order valence-corrected chi connectivity index (χ2v) is 8.01. The molecule has 158 valence electrons. The van der Waals surface area contributed by atoms with Crippen LogP contribution in [0.5, 0.6) is 0 Å². The summed E-state index contributed by atoms with van der Waals surface area (Å²) in [6.45, 7) is 2.46. The Hall–Kier alpha value is -3.61. The van der Waals surface area contributed by atoms with Crippen molar-refractivity contribution in [1.82, 2.24) is 14.0 Å². The SMILES string of the molecule is Cn1cc(C(=O)N2CCN(c3ccc(F)cc3)CC2)c2c3ccccc3n(C)c2c1=O. The van der Waals surface area contributed by atoms with Crippen LogP contribution < -0.4 is 10.5 Å². The highest BCUT2D eigenvalue weighted by Crippen LogP contribution is 2.30. The molecule has 6 nitrogen and oxygen atoms in total. The lowest BCUT2D eigenvalue weighted by atomic mass is 10.1. The van der Waals surface area contributed by atoms with E-state index in [1.54, 1.807) is 25.4 Å². The molecule has 1 aliphatic heterocycles. The second kappa shape index (κ2) is 7.27. The predicted octanol–water partition coefficient (Wildman–Crippen LogP) is 3.13. The molecule has 3 heterocycles. The first-order valence-electron chi connectivity index (χ1n) is 10.3. The van der Waals surface area contributed by atoms with Gasteiger partial charge in [-0.25, -0.2) is 4.39 Å². The van der Waals surface area contributed by atoms with Crippen molar-refractivity contribution in [3.05, 3.63) is 76.5 Å². The number of para-hydroxylation sites is 1. The second-order valence-electron chi connectivity index (χ2n) is 8.01. The fourth-order valence-corrected chi connectivity index (χ4v) is 4.55. The number of halogens is 1. The molecule has 0 N–H and O–H groups in total. The Balaban J connectivity index is 1.51. The van der Waals surface area contributed by atoms with E-state index in [1.807, 2.05) is 40.8 Å². The molecule has 4 aromatic rings. The van der Waals surface area contributed by atoms with Crippen molar-refractivity contribution >= 4 is 33.4 Å². The van der Waals surface area contributed by atoms with E-state index in [9.17, 15) is 14.0 Å². The number of nitrogens with zero attached hydrogens (tertiary/aromatic N) is 4. The summed E-state index contributed by atoms with van der Waals surface area (Å²) in [5, 5.41) is 1.62. The number of carbonyl (C=O) groups is 1. The number of benzene rings is 2. The molecule has 0 saturated carbocycles. The predicted molar refractivity (Wildman–Crippen MR) is 120 cm³/mol. The fraction of sp³-hybridized carbons (Fsp3) is 0.250. The van der Waals surface area contributed by atoms with E-state index in [2.05, 4.69) is 4.90 Å². The Kier molecular flexibility index (Phi) is 4.54. The number of aryl methyl sites for hydroxylation is 2. The van der Waals surface area contributed by atoms with Crippen LogP contribution in [0.25, 0.3) is 21.8 Å². The van der Waals surface area contributed by atoms with Crippen LogP contribution in [0.2, 0.25) is 0 Å². The minimum absolute atomic E-state index is 0.0734. The Labute approximate surface area is 178 Å². The number of anilines is 1. The average Bonchev–Trinajstić information content (AvgIpc) is 3.09. The lowest BCUT2D eigenvalue weighted by molar-refractivity contribution is 0.0748. The number of amides is 1. The molecule has 0 spiro atoms. The molecule has 1 fully saturated rings. The zero-order valence-electron chi connectivity index (χ0n) is 17.5. The lowest BCUT2D eigenvalue weighted by Crippen LogP contribution is -2.49. The van der Waals surface area contributed by atoms with Gasteiger partial charge in [-0.15, -0.1) is 0 Å². The minimum atomic E-state index is -0.258. The van der Waals surface area contributed by atoms with Gasteiger partial charge in [0.05, 0.1) is 5.56 Å². The van der Waals surface area contributed by atoms with Crippen molar-refractivity contribution in [2.45, 2.75) is 0 Å². The highest BCUT2D eigenvalue weighted by atomic mass is 19.1. The molecule has 2 aromatic heterocycles. The Morgan fingerprint density at radius 1 is 0.935 bits per heavy atom. The van der Waals surface area contributed by atoms with Gasteiger partial charge >= 0.3 is 0 Å². The van der Waals surface area contributed by atoms with E-state index in [4.69, 9.17) is 0 Å². The maximum atomic E-state index is 13.6. The van der Waals surface area contributed by atoms with Gasteiger partial charge in [-0.3, -0.25) is 9.59 Å². The largest absolute Gasteiger partial charge is 0.368 e. The summed E-state index contributed by atoms with van der Waals surface area (Å²) in [4.78, 5) is 30.4. The normalized spacial score (nSPS) is 14.5. The van der Waals surface area contributed by atoms with Gasteiger partial charge in [0.2, 0.25) is 0 Å². The van der Waals surface area contributed by atoms with Gasteiger partial charge < -0.3 is 18.9 Å². The third kappa shape index (κ3) is 3.08. The van der Waals surface area contributed by atoms with Gasteiger partial charge in [-0.05, 0) is 30.3 Å². The first-order chi connectivity index (χ1) is 15.0. The van der Waals surface area contributed by atoms with Gasteiger partial charge in [-0.1, -0.05) is 18.2 Å². The number of hydrogen-bond donors (Lipinski definition) is 0.